The van der Waals surface area contributed by atoms with Crippen molar-refractivity contribution in [1.29, 1.82) is 0 Å². The van der Waals surface area contributed by atoms with Gasteiger partial charge in [0.2, 0.25) is 0 Å². The van der Waals surface area contributed by atoms with Crippen molar-refractivity contribution in [2.75, 3.05) is 7.11 Å². The number of hydrogen-bond donors (Lipinski definition) is 3. The predicted octanol–water partition coefficient (Wildman–Crippen LogP) is 2.00. The first-order chi connectivity index (χ1) is 15.0. The molecule has 8 heteroatoms. The number of esters is 1. The summed E-state index contributed by atoms with van der Waals surface area (Å²) < 4.78 is 9.94. The number of methoxy groups -OCH3 is 1. The van der Waals surface area contributed by atoms with Crippen molar-refractivity contribution in [3.8, 4) is 23.7 Å². The second-order valence-electron chi connectivity index (χ2n) is 7.93. The van der Waals surface area contributed by atoms with Gasteiger partial charge in [-0.2, -0.15) is 0 Å². The number of ether oxygens (including phenoxy) is 2. The molecule has 0 radical (unpaired) electrons. The normalized spacial score (nSPS) is 13.1. The molecule has 172 valence electrons. The standard InChI is InChI=1S/C24H30N2O6/c1-7-19(27)11-9-8-10-17-12-14-18(15-13-17)21(28)26-20(22(29)31-6)16(2)25-23(30)32-24(3,4)5/h12-16,19-20,27H,7H2,1-6H3,(H,25,30)(H,26,28)/t16-,19?,20+/m1/s1. The van der Waals surface area contributed by atoms with Crippen LogP contribution < -0.4 is 10.6 Å². The molecule has 0 aliphatic carbocycles. The Morgan fingerprint density at radius 2 is 1.72 bits per heavy atom. The summed E-state index contributed by atoms with van der Waals surface area (Å²) in [5.74, 6) is 9.38. The molecule has 0 spiro atoms. The van der Waals surface area contributed by atoms with Gasteiger partial charge in [0.1, 0.15) is 17.7 Å². The molecule has 0 aliphatic rings. The highest BCUT2D eigenvalue weighted by Crippen LogP contribution is 2.09. The van der Waals surface area contributed by atoms with Crippen LogP contribution in [-0.4, -0.2) is 54.0 Å². The molecule has 0 saturated carbocycles. The summed E-state index contributed by atoms with van der Waals surface area (Å²) in [5, 5.41) is 14.5. The highest BCUT2D eigenvalue weighted by atomic mass is 16.6. The number of carbonyl (C=O) groups is 3. The second-order valence-corrected chi connectivity index (χ2v) is 7.93. The third kappa shape index (κ3) is 9.55. The zero-order valence-corrected chi connectivity index (χ0v) is 19.2. The Bertz CT molecular complexity index is 926. The van der Waals surface area contributed by atoms with Crippen LogP contribution in [0.3, 0.4) is 0 Å². The molecular formula is C24H30N2O6. The molecule has 0 saturated heterocycles. The number of nitrogens with one attached hydrogen (secondary N) is 2. The van der Waals surface area contributed by atoms with Crippen LogP contribution in [0, 0.1) is 23.7 Å². The van der Waals surface area contributed by atoms with E-state index in [1.54, 1.807) is 52.0 Å². The SMILES string of the molecule is CCC(O)C#CC#Cc1ccc(C(=O)N[C@H](C(=O)OC)[C@@H](C)NC(=O)OC(C)(C)C)cc1. The van der Waals surface area contributed by atoms with Crippen LogP contribution in [0.1, 0.15) is 57.0 Å². The average molecular weight is 443 g/mol. The molecule has 1 unspecified atom stereocenters. The summed E-state index contributed by atoms with van der Waals surface area (Å²) in [4.78, 5) is 36.8. The van der Waals surface area contributed by atoms with E-state index in [1.165, 1.54) is 7.11 Å². The van der Waals surface area contributed by atoms with E-state index >= 15 is 0 Å². The molecule has 3 N–H and O–H groups in total. The number of rotatable bonds is 6. The van der Waals surface area contributed by atoms with Crippen LogP contribution in [0.25, 0.3) is 0 Å². The van der Waals surface area contributed by atoms with Crippen molar-refractivity contribution in [3.63, 3.8) is 0 Å². The third-order valence-corrected chi connectivity index (χ3v) is 4.03. The van der Waals surface area contributed by atoms with Crippen LogP contribution in [0.2, 0.25) is 0 Å². The smallest absolute Gasteiger partial charge is 0.407 e. The van der Waals surface area contributed by atoms with Crippen LogP contribution in [-0.2, 0) is 14.3 Å². The van der Waals surface area contributed by atoms with E-state index < -0.39 is 41.8 Å². The highest BCUT2D eigenvalue weighted by Gasteiger charge is 2.30. The molecule has 8 nitrogen and oxygen atoms in total. The first kappa shape index (κ1) is 26.5. The fraction of sp³-hybridized carbons (Fsp3) is 0.458. The summed E-state index contributed by atoms with van der Waals surface area (Å²) in [7, 11) is 1.19. The number of amides is 2. The van der Waals surface area contributed by atoms with Crippen LogP contribution in [0.5, 0.6) is 0 Å². The molecule has 0 heterocycles. The van der Waals surface area contributed by atoms with E-state index in [9.17, 15) is 19.5 Å². The number of alkyl carbamates (subject to hydrolysis) is 1. The summed E-state index contributed by atoms with van der Waals surface area (Å²) in [6.45, 7) is 8.51. The Morgan fingerprint density at radius 3 is 2.25 bits per heavy atom. The van der Waals surface area contributed by atoms with Crippen molar-refractivity contribution >= 4 is 18.0 Å². The maximum absolute atomic E-state index is 12.6. The minimum Gasteiger partial charge on any atom is -0.467 e. The monoisotopic (exact) mass is 442 g/mol. The van der Waals surface area contributed by atoms with Gasteiger partial charge in [-0.3, -0.25) is 4.79 Å². The summed E-state index contributed by atoms with van der Waals surface area (Å²) in [6.07, 6.45) is -0.896. The van der Waals surface area contributed by atoms with Gasteiger partial charge < -0.3 is 25.2 Å². The molecular weight excluding hydrogens is 412 g/mol. The van der Waals surface area contributed by atoms with E-state index in [0.29, 0.717) is 17.5 Å². The first-order valence-corrected chi connectivity index (χ1v) is 10.1. The summed E-state index contributed by atoms with van der Waals surface area (Å²) in [6, 6.07) is 4.45. The quantitative estimate of drug-likeness (QED) is 0.459. The van der Waals surface area contributed by atoms with Crippen LogP contribution in [0.4, 0.5) is 4.79 Å². The molecule has 3 atom stereocenters. The van der Waals surface area contributed by atoms with Gasteiger partial charge in [-0.25, -0.2) is 9.59 Å². The van der Waals surface area contributed by atoms with E-state index in [-0.39, 0.29) is 0 Å². The number of hydrogen-bond acceptors (Lipinski definition) is 6. The lowest BCUT2D eigenvalue weighted by atomic mass is 10.1. The summed E-state index contributed by atoms with van der Waals surface area (Å²) in [5.41, 5.74) is 0.215. The Kier molecular flexibility index (Phi) is 10.3. The minimum atomic E-state index is -1.13. The highest BCUT2D eigenvalue weighted by molar-refractivity contribution is 5.97. The molecule has 0 fully saturated rings. The van der Waals surface area contributed by atoms with Gasteiger partial charge in [-0.1, -0.05) is 18.8 Å². The maximum Gasteiger partial charge on any atom is 0.407 e. The number of aliphatic hydroxyl groups is 1. The Labute approximate surface area is 189 Å². The van der Waals surface area contributed by atoms with Gasteiger partial charge >= 0.3 is 12.1 Å². The van der Waals surface area contributed by atoms with Gasteiger partial charge in [0.15, 0.2) is 0 Å². The lowest BCUT2D eigenvalue weighted by molar-refractivity contribution is -0.143. The lowest BCUT2D eigenvalue weighted by Crippen LogP contribution is -2.55. The van der Waals surface area contributed by atoms with Gasteiger partial charge in [0.25, 0.3) is 5.91 Å². The van der Waals surface area contributed by atoms with Crippen molar-refractivity contribution in [2.45, 2.75) is 64.8 Å². The van der Waals surface area contributed by atoms with Crippen LogP contribution in [0.15, 0.2) is 24.3 Å². The molecule has 1 aromatic rings. The molecule has 0 aromatic heterocycles. The Morgan fingerprint density at radius 1 is 1.09 bits per heavy atom. The fourth-order valence-corrected chi connectivity index (χ4v) is 2.35. The molecule has 1 rings (SSSR count). The van der Waals surface area contributed by atoms with Crippen molar-refractivity contribution in [3.05, 3.63) is 35.4 Å². The minimum absolute atomic E-state index is 0.293. The van der Waals surface area contributed by atoms with Gasteiger partial charge in [-0.15, -0.1) is 0 Å². The molecule has 0 bridgehead atoms. The topological polar surface area (TPSA) is 114 Å². The molecule has 1 aromatic carbocycles. The van der Waals surface area contributed by atoms with E-state index in [0.717, 1.165) is 0 Å². The van der Waals surface area contributed by atoms with E-state index in [2.05, 4.69) is 34.3 Å². The predicted molar refractivity (Wildman–Crippen MR) is 119 cm³/mol. The van der Waals surface area contributed by atoms with Crippen molar-refractivity contribution < 1.29 is 29.0 Å². The number of benzene rings is 1. The number of aliphatic hydroxyl groups excluding tert-OH is 1. The average Bonchev–Trinajstić information content (AvgIpc) is 2.72. The lowest BCUT2D eigenvalue weighted by Gasteiger charge is -2.26. The van der Waals surface area contributed by atoms with Gasteiger partial charge in [0, 0.05) is 11.1 Å². The zero-order valence-electron chi connectivity index (χ0n) is 19.2. The van der Waals surface area contributed by atoms with E-state index in [1.807, 2.05) is 6.92 Å². The van der Waals surface area contributed by atoms with Crippen LogP contribution >= 0.6 is 0 Å². The Hall–Kier alpha value is -3.49. The maximum atomic E-state index is 12.6. The van der Waals surface area contributed by atoms with Crippen molar-refractivity contribution in [1.82, 2.24) is 10.6 Å². The fourth-order valence-electron chi connectivity index (χ4n) is 2.35. The zero-order chi connectivity index (χ0) is 24.3. The molecule has 32 heavy (non-hydrogen) atoms. The summed E-state index contributed by atoms with van der Waals surface area (Å²) >= 11 is 0. The number of carbonyl (C=O) groups excluding carboxylic acids is 3. The largest absolute Gasteiger partial charge is 0.467 e. The third-order valence-electron chi connectivity index (χ3n) is 4.03. The van der Waals surface area contributed by atoms with Crippen molar-refractivity contribution in [2.24, 2.45) is 0 Å². The Balaban J connectivity index is 2.86. The second kappa shape index (κ2) is 12.4. The molecule has 2 amide bonds. The first-order valence-electron chi connectivity index (χ1n) is 10.1. The molecule has 0 aliphatic heterocycles. The van der Waals surface area contributed by atoms with E-state index in [4.69, 9.17) is 9.47 Å². The van der Waals surface area contributed by atoms with Gasteiger partial charge in [0.05, 0.1) is 13.2 Å². The van der Waals surface area contributed by atoms with Gasteiger partial charge in [-0.05, 0) is 70.2 Å².